The predicted molar refractivity (Wildman–Crippen MR) is 187 cm³/mol. The molecule has 0 bridgehead atoms. The van der Waals surface area contributed by atoms with Crippen molar-refractivity contribution in [3.05, 3.63) is 57.5 Å². The minimum atomic E-state index is -0.935. The van der Waals surface area contributed by atoms with Gasteiger partial charge in [0.2, 0.25) is 5.90 Å². The number of fused-ring (bicyclic) bond motifs is 1. The molecule has 0 amide bonds. The minimum absolute atomic E-state index is 0.0366. The third kappa shape index (κ3) is 7.21. The standard InChI is InChI=1S/C33H40ClF2N7O3.C2H6/c1-20(27-23(17-37)25(38)13-24(34)28(27)22-5-6-22)39-31(44-2)29-26(16-36)40-32(41-30(29)42-8-4-11-45-12-10-42)46-19-33-7-3-9-43(33)18-21(14-33)15-35;1-2/h13,15,17,22,37H,1,3-12,14,16,18-19,38H2,2H3;1-2H3/b21-15+,37-17?,39-31?;. The summed E-state index contributed by atoms with van der Waals surface area (Å²) in [6.45, 7) is 11.2. The maximum Gasteiger partial charge on any atom is 0.318 e. The Kier molecular flexibility index (Phi) is 11.7. The van der Waals surface area contributed by atoms with Crippen LogP contribution in [0.1, 0.15) is 86.2 Å². The molecule has 4 aliphatic rings. The number of nitrogens with zero attached hydrogens (tertiary/aromatic N) is 5. The summed E-state index contributed by atoms with van der Waals surface area (Å²) in [6, 6.07) is 1.69. The lowest BCUT2D eigenvalue weighted by molar-refractivity contribution is 0.107. The van der Waals surface area contributed by atoms with Gasteiger partial charge in [0.1, 0.15) is 24.7 Å². The molecule has 0 spiro atoms. The second-order valence-electron chi connectivity index (χ2n) is 12.4. The third-order valence-corrected chi connectivity index (χ3v) is 9.67. The van der Waals surface area contributed by atoms with E-state index >= 15 is 0 Å². The molecular weight excluding hydrogens is 640 g/mol. The number of anilines is 2. The van der Waals surface area contributed by atoms with Crippen molar-refractivity contribution in [3.8, 4) is 6.01 Å². The van der Waals surface area contributed by atoms with Crippen LogP contribution >= 0.6 is 11.6 Å². The first-order valence-corrected chi connectivity index (χ1v) is 17.1. The summed E-state index contributed by atoms with van der Waals surface area (Å²) in [7, 11) is 1.45. The monoisotopic (exact) mass is 685 g/mol. The first kappa shape index (κ1) is 35.7. The van der Waals surface area contributed by atoms with E-state index in [4.69, 9.17) is 46.9 Å². The molecule has 1 unspecified atom stereocenters. The number of nitrogens with one attached hydrogen (secondary N) is 1. The van der Waals surface area contributed by atoms with Gasteiger partial charge < -0.3 is 30.3 Å². The Hall–Kier alpha value is -3.61. The van der Waals surface area contributed by atoms with Crippen molar-refractivity contribution in [2.45, 2.75) is 70.5 Å². The van der Waals surface area contributed by atoms with Crippen molar-refractivity contribution in [2.75, 3.05) is 63.7 Å². The summed E-state index contributed by atoms with van der Waals surface area (Å²) in [6.07, 6.45) is 6.95. The summed E-state index contributed by atoms with van der Waals surface area (Å²) < 4.78 is 46.2. The van der Waals surface area contributed by atoms with Gasteiger partial charge in [-0.25, -0.2) is 13.8 Å². The number of methoxy groups -OCH3 is 1. The van der Waals surface area contributed by atoms with E-state index in [1.807, 2.05) is 18.7 Å². The smallest absolute Gasteiger partial charge is 0.318 e. The van der Waals surface area contributed by atoms with E-state index in [0.29, 0.717) is 73.3 Å². The van der Waals surface area contributed by atoms with E-state index in [9.17, 15) is 8.78 Å². The molecule has 10 nitrogen and oxygen atoms in total. The molecule has 0 radical (unpaired) electrons. The van der Waals surface area contributed by atoms with Crippen LogP contribution in [-0.4, -0.2) is 85.6 Å². The van der Waals surface area contributed by atoms with Crippen LogP contribution in [0.2, 0.25) is 5.02 Å². The SMILES string of the molecule is C=C(N=C(OC)c1c(CF)nc(OCC23CCCN2C/C(=C/F)C3)nc1N1CCCOCC1)c1c(C=N)c(N)cc(Cl)c1C1CC1.CC. The number of aromatic nitrogens is 2. The Morgan fingerprint density at radius 2 is 2.02 bits per heavy atom. The first-order chi connectivity index (χ1) is 23.3. The van der Waals surface area contributed by atoms with Gasteiger partial charge in [-0.2, -0.15) is 9.97 Å². The molecule has 260 valence electrons. The average Bonchev–Trinajstić information content (AvgIpc) is 3.84. The van der Waals surface area contributed by atoms with Crippen LogP contribution in [0.15, 0.2) is 29.5 Å². The maximum atomic E-state index is 15.0. The lowest BCUT2D eigenvalue weighted by Crippen LogP contribution is -2.43. The van der Waals surface area contributed by atoms with Gasteiger partial charge in [-0.3, -0.25) is 4.90 Å². The van der Waals surface area contributed by atoms with E-state index < -0.39 is 6.67 Å². The van der Waals surface area contributed by atoms with Gasteiger partial charge in [0.05, 0.1) is 37.0 Å². The zero-order valence-electron chi connectivity index (χ0n) is 28.1. The number of aliphatic imine (C=N–C) groups is 1. The molecule has 4 heterocycles. The molecular formula is C35H46ClF2N7O3. The number of nitrogens with two attached hydrogens (primary N) is 1. The zero-order valence-corrected chi connectivity index (χ0v) is 28.8. The summed E-state index contributed by atoms with van der Waals surface area (Å²) in [5, 5.41) is 8.58. The third-order valence-electron chi connectivity index (χ3n) is 9.36. The van der Waals surface area contributed by atoms with Gasteiger partial charge in [0.15, 0.2) is 0 Å². The van der Waals surface area contributed by atoms with Crippen molar-refractivity contribution in [2.24, 2.45) is 4.99 Å². The van der Waals surface area contributed by atoms with E-state index in [0.717, 1.165) is 49.8 Å². The molecule has 1 atom stereocenters. The van der Waals surface area contributed by atoms with Crippen molar-refractivity contribution in [3.63, 3.8) is 0 Å². The molecule has 13 heteroatoms. The highest BCUT2D eigenvalue weighted by molar-refractivity contribution is 6.32. The van der Waals surface area contributed by atoms with E-state index in [1.54, 1.807) is 6.07 Å². The number of halogens is 3. The Labute approximate surface area is 286 Å². The second kappa shape index (κ2) is 15.7. The Morgan fingerprint density at radius 3 is 2.71 bits per heavy atom. The van der Waals surface area contributed by atoms with Crippen LogP contribution in [0, 0.1) is 5.41 Å². The summed E-state index contributed by atoms with van der Waals surface area (Å²) in [5.41, 5.74) is 9.50. The number of hydrogen-bond acceptors (Lipinski definition) is 10. The van der Waals surface area contributed by atoms with Gasteiger partial charge >= 0.3 is 6.01 Å². The highest BCUT2D eigenvalue weighted by Crippen LogP contribution is 2.48. The fraction of sp³-hybridized carbons (Fsp3) is 0.543. The van der Waals surface area contributed by atoms with E-state index in [2.05, 4.69) is 16.5 Å². The molecule has 3 aliphatic heterocycles. The first-order valence-electron chi connectivity index (χ1n) is 16.7. The highest BCUT2D eigenvalue weighted by Gasteiger charge is 2.47. The Bertz CT molecular complexity index is 1570. The highest BCUT2D eigenvalue weighted by atomic mass is 35.5. The number of rotatable bonds is 10. The van der Waals surface area contributed by atoms with Crippen LogP contribution in [-0.2, 0) is 16.1 Å². The topological polar surface area (TPSA) is 122 Å². The van der Waals surface area contributed by atoms with Crippen molar-refractivity contribution < 1.29 is 23.0 Å². The summed E-state index contributed by atoms with van der Waals surface area (Å²) in [4.78, 5) is 18.3. The lowest BCUT2D eigenvalue weighted by atomic mass is 9.94. The number of benzene rings is 1. The van der Waals surface area contributed by atoms with Gasteiger partial charge in [0.25, 0.3) is 0 Å². The van der Waals surface area contributed by atoms with Crippen molar-refractivity contribution in [1.29, 1.82) is 5.41 Å². The zero-order chi connectivity index (χ0) is 34.4. The van der Waals surface area contributed by atoms with E-state index in [-0.39, 0.29) is 46.9 Å². The molecule has 3 saturated heterocycles. The van der Waals surface area contributed by atoms with Gasteiger partial charge in [-0.1, -0.05) is 32.0 Å². The van der Waals surface area contributed by atoms with Crippen LogP contribution in [0.5, 0.6) is 6.01 Å². The van der Waals surface area contributed by atoms with Crippen LogP contribution in [0.3, 0.4) is 0 Å². The Balaban J connectivity index is 0.00000221. The quantitative estimate of drug-likeness (QED) is 0.158. The van der Waals surface area contributed by atoms with Crippen LogP contribution < -0.4 is 15.4 Å². The van der Waals surface area contributed by atoms with Crippen LogP contribution in [0.4, 0.5) is 20.3 Å². The molecule has 1 aromatic heterocycles. The average molecular weight is 686 g/mol. The minimum Gasteiger partial charge on any atom is -0.480 e. The molecule has 1 aromatic carbocycles. The fourth-order valence-electron chi connectivity index (χ4n) is 7.01. The summed E-state index contributed by atoms with van der Waals surface area (Å²) >= 11 is 6.66. The summed E-state index contributed by atoms with van der Waals surface area (Å²) in [5.74, 6) is 0.684. The van der Waals surface area contributed by atoms with Crippen molar-refractivity contribution in [1.82, 2.24) is 14.9 Å². The number of nitrogen functional groups attached to an aromatic ring is 1. The van der Waals surface area contributed by atoms with E-state index in [1.165, 1.54) is 13.3 Å². The largest absolute Gasteiger partial charge is 0.480 e. The van der Waals surface area contributed by atoms with Gasteiger partial charge in [-0.15, -0.1) is 0 Å². The second-order valence-corrected chi connectivity index (χ2v) is 12.8. The number of alkyl halides is 1. The van der Waals surface area contributed by atoms with Crippen molar-refractivity contribution >= 4 is 40.9 Å². The molecule has 1 saturated carbocycles. The lowest BCUT2D eigenvalue weighted by Gasteiger charge is -2.31. The number of hydrogen-bond donors (Lipinski definition) is 2. The molecule has 48 heavy (non-hydrogen) atoms. The molecule has 1 aliphatic carbocycles. The van der Waals surface area contributed by atoms with Gasteiger partial charge in [-0.05, 0) is 68.2 Å². The molecule has 2 aromatic rings. The van der Waals surface area contributed by atoms with Crippen LogP contribution in [0.25, 0.3) is 5.70 Å². The van der Waals surface area contributed by atoms with Gasteiger partial charge in [0, 0.05) is 54.3 Å². The fourth-order valence-corrected chi connectivity index (χ4v) is 7.38. The normalized spacial score (nSPS) is 22.2. The molecule has 6 rings (SSSR count). The Morgan fingerprint density at radius 1 is 1.23 bits per heavy atom. The number of ether oxygens (including phenoxy) is 3. The molecule has 3 N–H and O–H groups in total. The molecule has 4 fully saturated rings. The maximum absolute atomic E-state index is 15.0. The predicted octanol–water partition coefficient (Wildman–Crippen LogP) is 6.84.